The summed E-state index contributed by atoms with van der Waals surface area (Å²) in [6.07, 6.45) is 3.23. The number of rotatable bonds is 3. The normalized spacial score (nSPS) is 20.9. The van der Waals surface area contributed by atoms with Crippen molar-refractivity contribution in [1.29, 1.82) is 0 Å². The van der Waals surface area contributed by atoms with Gasteiger partial charge in [0.15, 0.2) is 0 Å². The molecule has 1 aromatic carbocycles. The highest BCUT2D eigenvalue weighted by Gasteiger charge is 2.52. The Bertz CT molecular complexity index is 388. The fraction of sp³-hybridized carbons (Fsp3) is 0.500. The van der Waals surface area contributed by atoms with E-state index in [0.29, 0.717) is 12.8 Å². The van der Waals surface area contributed by atoms with Crippen LogP contribution in [-0.2, 0) is 4.52 Å². The summed E-state index contributed by atoms with van der Waals surface area (Å²) < 4.78 is 4.26. The van der Waals surface area contributed by atoms with Crippen molar-refractivity contribution >= 4 is 48.5 Å². The molecular formula is C12H14Cl3O2P. The van der Waals surface area contributed by atoms with E-state index >= 15 is 0 Å². The van der Waals surface area contributed by atoms with Gasteiger partial charge in [0.2, 0.25) is 12.2 Å². The lowest BCUT2D eigenvalue weighted by Gasteiger charge is -2.37. The molecule has 1 aliphatic carbocycles. The van der Waals surface area contributed by atoms with Crippen LogP contribution >= 0.6 is 43.2 Å². The summed E-state index contributed by atoms with van der Waals surface area (Å²) in [7, 11) is -1.75. The van der Waals surface area contributed by atoms with Crippen molar-refractivity contribution in [3.05, 3.63) is 30.3 Å². The Labute approximate surface area is 123 Å². The van der Waals surface area contributed by atoms with E-state index in [4.69, 9.17) is 39.3 Å². The highest BCUT2D eigenvalue weighted by Crippen LogP contribution is 2.55. The third-order valence-corrected chi connectivity index (χ3v) is 5.46. The molecule has 0 bridgehead atoms. The standard InChI is InChI=1S/C12H14Cl3O2P/c13-12(14,15)11(8-4-5-9-11)17-18(16)10-6-2-1-3-7-10/h1-3,6-7,16H,4-5,8-9H2. The van der Waals surface area contributed by atoms with Crippen LogP contribution in [0.1, 0.15) is 25.7 Å². The maximum absolute atomic E-state index is 10.2. The molecule has 1 unspecified atom stereocenters. The summed E-state index contributed by atoms with van der Waals surface area (Å²) >= 11 is 18.1. The van der Waals surface area contributed by atoms with E-state index in [1.54, 1.807) is 0 Å². The van der Waals surface area contributed by atoms with E-state index in [-0.39, 0.29) is 0 Å². The first-order valence-electron chi connectivity index (χ1n) is 5.75. The summed E-state index contributed by atoms with van der Waals surface area (Å²) in [5, 5.41) is 0.730. The second-order valence-electron chi connectivity index (χ2n) is 4.40. The van der Waals surface area contributed by atoms with Crippen LogP contribution in [-0.4, -0.2) is 14.3 Å². The molecule has 0 spiro atoms. The van der Waals surface area contributed by atoms with Crippen LogP contribution in [0.5, 0.6) is 0 Å². The monoisotopic (exact) mass is 326 g/mol. The van der Waals surface area contributed by atoms with E-state index in [1.165, 1.54) is 0 Å². The van der Waals surface area contributed by atoms with Crippen molar-refractivity contribution in [3.63, 3.8) is 0 Å². The third kappa shape index (κ3) is 3.12. The molecular weight excluding hydrogens is 313 g/mol. The van der Waals surface area contributed by atoms with Gasteiger partial charge < -0.3 is 9.42 Å². The minimum absolute atomic E-state index is 0.662. The van der Waals surface area contributed by atoms with Crippen LogP contribution in [0.2, 0.25) is 0 Å². The van der Waals surface area contributed by atoms with Gasteiger partial charge in [0.05, 0.1) is 0 Å². The van der Waals surface area contributed by atoms with Gasteiger partial charge in [-0.15, -0.1) is 0 Å². The van der Waals surface area contributed by atoms with Crippen LogP contribution in [0.15, 0.2) is 30.3 Å². The molecule has 0 aliphatic heterocycles. The highest BCUT2D eigenvalue weighted by molar-refractivity contribution is 7.55. The minimum Gasteiger partial charge on any atom is -0.346 e. The first-order valence-corrected chi connectivity index (χ1v) is 8.09. The molecule has 1 saturated carbocycles. The largest absolute Gasteiger partial charge is 0.346 e. The average molecular weight is 328 g/mol. The molecule has 0 amide bonds. The first-order chi connectivity index (χ1) is 8.45. The number of hydrogen-bond acceptors (Lipinski definition) is 2. The zero-order valence-electron chi connectivity index (χ0n) is 9.65. The number of halogens is 3. The van der Waals surface area contributed by atoms with Gasteiger partial charge in [-0.1, -0.05) is 65.8 Å². The van der Waals surface area contributed by atoms with Gasteiger partial charge in [-0.25, -0.2) is 0 Å². The predicted octanol–water partition coefficient (Wildman–Crippen LogP) is 4.32. The average Bonchev–Trinajstić information content (AvgIpc) is 2.79. The fourth-order valence-electron chi connectivity index (χ4n) is 2.15. The van der Waals surface area contributed by atoms with Crippen molar-refractivity contribution in [1.82, 2.24) is 0 Å². The van der Waals surface area contributed by atoms with Gasteiger partial charge in [-0.2, -0.15) is 0 Å². The zero-order chi connectivity index (χ0) is 13.2. The van der Waals surface area contributed by atoms with Crippen LogP contribution in [0, 0.1) is 0 Å². The summed E-state index contributed by atoms with van der Waals surface area (Å²) in [6.45, 7) is 0. The Kier molecular flexibility index (Phi) is 4.80. The van der Waals surface area contributed by atoms with E-state index < -0.39 is 17.8 Å². The van der Waals surface area contributed by atoms with Gasteiger partial charge in [0.25, 0.3) is 0 Å². The molecule has 1 atom stereocenters. The molecule has 18 heavy (non-hydrogen) atoms. The van der Waals surface area contributed by atoms with Crippen molar-refractivity contribution < 1.29 is 9.42 Å². The Morgan fingerprint density at radius 1 is 1.11 bits per heavy atom. The van der Waals surface area contributed by atoms with E-state index in [9.17, 15) is 4.89 Å². The van der Waals surface area contributed by atoms with Crippen LogP contribution in [0.25, 0.3) is 0 Å². The summed E-state index contributed by atoms with van der Waals surface area (Å²) in [4.78, 5) is 10.2. The fourth-order valence-corrected chi connectivity index (χ4v) is 4.17. The van der Waals surface area contributed by atoms with Crippen molar-refractivity contribution in [2.75, 3.05) is 0 Å². The molecule has 2 nitrogen and oxygen atoms in total. The molecule has 1 aliphatic rings. The topological polar surface area (TPSA) is 29.5 Å². The maximum atomic E-state index is 10.2. The lowest BCUT2D eigenvalue weighted by Crippen LogP contribution is -2.42. The SMILES string of the molecule is OP(OC1(C(Cl)(Cl)Cl)CCCC1)c1ccccc1. The first kappa shape index (κ1) is 14.8. The molecule has 0 saturated heterocycles. The van der Waals surface area contributed by atoms with Crippen LogP contribution in [0.3, 0.4) is 0 Å². The molecule has 1 fully saturated rings. The second kappa shape index (κ2) is 5.83. The molecule has 0 heterocycles. The lowest BCUT2D eigenvalue weighted by atomic mass is 10.1. The van der Waals surface area contributed by atoms with E-state index in [0.717, 1.165) is 18.1 Å². The van der Waals surface area contributed by atoms with E-state index in [2.05, 4.69) is 0 Å². The molecule has 0 radical (unpaired) electrons. The molecule has 100 valence electrons. The quantitative estimate of drug-likeness (QED) is 0.662. The second-order valence-corrected chi connectivity index (χ2v) is 7.93. The summed E-state index contributed by atoms with van der Waals surface area (Å²) in [6, 6.07) is 9.20. The number of benzene rings is 1. The zero-order valence-corrected chi connectivity index (χ0v) is 12.8. The summed E-state index contributed by atoms with van der Waals surface area (Å²) in [5.41, 5.74) is -0.867. The number of hydrogen-bond donors (Lipinski definition) is 1. The van der Waals surface area contributed by atoms with Crippen molar-refractivity contribution in [2.45, 2.75) is 35.1 Å². The Morgan fingerprint density at radius 3 is 2.17 bits per heavy atom. The molecule has 2 rings (SSSR count). The van der Waals surface area contributed by atoms with Gasteiger partial charge in [0, 0.05) is 5.30 Å². The predicted molar refractivity (Wildman–Crippen MR) is 77.8 cm³/mol. The molecule has 6 heteroatoms. The summed E-state index contributed by atoms with van der Waals surface area (Å²) in [5.74, 6) is 0. The minimum atomic E-state index is -1.75. The molecule has 0 aromatic heterocycles. The maximum Gasteiger partial charge on any atom is 0.219 e. The highest BCUT2D eigenvalue weighted by atomic mass is 35.6. The van der Waals surface area contributed by atoms with Crippen LogP contribution in [0.4, 0.5) is 0 Å². The van der Waals surface area contributed by atoms with Crippen molar-refractivity contribution in [2.24, 2.45) is 0 Å². The molecule has 1 aromatic rings. The van der Waals surface area contributed by atoms with Gasteiger partial charge >= 0.3 is 0 Å². The Morgan fingerprint density at radius 2 is 1.67 bits per heavy atom. The lowest BCUT2D eigenvalue weighted by molar-refractivity contribution is 0.0853. The third-order valence-electron chi connectivity index (χ3n) is 3.17. The van der Waals surface area contributed by atoms with E-state index in [1.807, 2.05) is 30.3 Å². The van der Waals surface area contributed by atoms with Gasteiger partial charge in [0.1, 0.15) is 5.60 Å². The van der Waals surface area contributed by atoms with Crippen LogP contribution < -0.4 is 5.30 Å². The molecule has 1 N–H and O–H groups in total. The van der Waals surface area contributed by atoms with Crippen molar-refractivity contribution in [3.8, 4) is 0 Å². The van der Waals surface area contributed by atoms with Gasteiger partial charge in [-0.3, -0.25) is 0 Å². The number of alkyl halides is 3. The Hall–Kier alpha value is 0.440. The smallest absolute Gasteiger partial charge is 0.219 e. The Balaban J connectivity index is 2.16. The van der Waals surface area contributed by atoms with Gasteiger partial charge in [-0.05, 0) is 25.0 Å².